The van der Waals surface area contributed by atoms with Gasteiger partial charge in [-0.05, 0) is 6.92 Å². The average molecular weight is 303 g/mol. The molecule has 0 fully saturated rings. The molecule has 1 aromatic carbocycles. The van der Waals surface area contributed by atoms with Crippen molar-refractivity contribution in [3.8, 4) is 0 Å². The molecule has 0 aliphatic heterocycles. The van der Waals surface area contributed by atoms with Crippen LogP contribution in [0.2, 0.25) is 5.02 Å². The van der Waals surface area contributed by atoms with Gasteiger partial charge in [0.05, 0.1) is 28.4 Å². The van der Waals surface area contributed by atoms with Crippen LogP contribution in [-0.4, -0.2) is 15.6 Å². The molecule has 0 unspecified atom stereocenters. The summed E-state index contributed by atoms with van der Waals surface area (Å²) in [6.45, 7) is 1.65. The highest BCUT2D eigenvalue weighted by Crippen LogP contribution is 2.23. The van der Waals surface area contributed by atoms with Crippen molar-refractivity contribution in [1.29, 1.82) is 0 Å². The fourth-order valence-electron chi connectivity index (χ4n) is 1.92. The van der Waals surface area contributed by atoms with Crippen LogP contribution in [0.25, 0.3) is 0 Å². The molecule has 0 saturated heterocycles. The van der Waals surface area contributed by atoms with Crippen LogP contribution in [0.3, 0.4) is 0 Å². The van der Waals surface area contributed by atoms with Crippen molar-refractivity contribution in [3.63, 3.8) is 0 Å². The minimum absolute atomic E-state index is 0.267. The number of carbonyl (C=O) groups is 1. The molecule has 106 valence electrons. The first-order valence-electron chi connectivity index (χ1n) is 5.67. The van der Waals surface area contributed by atoms with Crippen LogP contribution in [0.4, 0.5) is 13.2 Å². The van der Waals surface area contributed by atoms with E-state index >= 15 is 0 Å². The number of Topliss-reactive ketones (excluding diaryl/α,β-unsaturated/α-hetero) is 1. The Hall–Kier alpha value is -1.82. The molecule has 0 saturated carbocycles. The monoisotopic (exact) mass is 302 g/mol. The van der Waals surface area contributed by atoms with E-state index < -0.39 is 28.8 Å². The number of nitrogens with zero attached hydrogens (tertiary/aromatic N) is 2. The number of rotatable bonds is 3. The molecule has 0 bridgehead atoms. The fraction of sp³-hybridized carbons (Fsp3) is 0.231. The Morgan fingerprint density at radius 1 is 1.30 bits per heavy atom. The van der Waals surface area contributed by atoms with Crippen LogP contribution in [0, 0.1) is 24.4 Å². The first kappa shape index (κ1) is 14.6. The molecule has 0 amide bonds. The highest BCUT2D eigenvalue weighted by atomic mass is 35.5. The lowest BCUT2D eigenvalue weighted by Gasteiger charge is -2.05. The molecule has 1 aromatic heterocycles. The van der Waals surface area contributed by atoms with Gasteiger partial charge in [0.1, 0.15) is 17.5 Å². The maximum atomic E-state index is 13.5. The summed E-state index contributed by atoms with van der Waals surface area (Å²) >= 11 is 5.97. The number of hydrogen-bond donors (Lipinski definition) is 0. The second-order valence-corrected chi connectivity index (χ2v) is 4.69. The number of ketones is 1. The van der Waals surface area contributed by atoms with Gasteiger partial charge in [-0.1, -0.05) is 11.6 Å². The molecule has 0 radical (unpaired) electrons. The third-order valence-electron chi connectivity index (χ3n) is 2.88. The van der Waals surface area contributed by atoms with Gasteiger partial charge in [-0.25, -0.2) is 13.2 Å². The molecule has 7 heteroatoms. The Kier molecular flexibility index (Phi) is 3.85. The average Bonchev–Trinajstić information content (AvgIpc) is 2.54. The van der Waals surface area contributed by atoms with Gasteiger partial charge in [0, 0.05) is 19.2 Å². The largest absolute Gasteiger partial charge is 0.294 e. The van der Waals surface area contributed by atoms with Gasteiger partial charge >= 0.3 is 0 Å². The lowest BCUT2D eigenvalue weighted by molar-refractivity contribution is 0.0982. The van der Waals surface area contributed by atoms with Gasteiger partial charge in [-0.15, -0.1) is 0 Å². The van der Waals surface area contributed by atoms with E-state index in [0.29, 0.717) is 23.5 Å². The van der Waals surface area contributed by atoms with Crippen molar-refractivity contribution in [2.24, 2.45) is 7.05 Å². The number of carbonyl (C=O) groups excluding carboxylic acids is 1. The van der Waals surface area contributed by atoms with Crippen LogP contribution in [-0.2, 0) is 13.5 Å². The van der Waals surface area contributed by atoms with Crippen LogP contribution >= 0.6 is 11.6 Å². The highest BCUT2D eigenvalue weighted by Gasteiger charge is 2.22. The molecule has 0 N–H and O–H groups in total. The predicted octanol–water partition coefficient (Wildman–Crippen LogP) is 3.22. The quantitative estimate of drug-likeness (QED) is 0.816. The smallest absolute Gasteiger partial charge is 0.174 e. The second-order valence-electron chi connectivity index (χ2n) is 4.31. The van der Waals surface area contributed by atoms with Gasteiger partial charge < -0.3 is 0 Å². The molecule has 1 heterocycles. The Balaban J connectivity index is 2.38. The van der Waals surface area contributed by atoms with Gasteiger partial charge in [-0.3, -0.25) is 9.48 Å². The Morgan fingerprint density at radius 3 is 2.30 bits per heavy atom. The van der Waals surface area contributed by atoms with E-state index in [9.17, 15) is 18.0 Å². The zero-order chi connectivity index (χ0) is 15.0. The van der Waals surface area contributed by atoms with Crippen LogP contribution in [0.15, 0.2) is 12.1 Å². The summed E-state index contributed by atoms with van der Waals surface area (Å²) in [4.78, 5) is 12.0. The van der Waals surface area contributed by atoms with Crippen LogP contribution in [0.5, 0.6) is 0 Å². The molecular formula is C13H10ClF3N2O. The van der Waals surface area contributed by atoms with E-state index in [1.54, 1.807) is 14.0 Å². The molecule has 0 aliphatic rings. The normalized spacial score (nSPS) is 10.9. The molecule has 2 aromatic rings. The van der Waals surface area contributed by atoms with Gasteiger partial charge in [0.2, 0.25) is 0 Å². The van der Waals surface area contributed by atoms with Crippen molar-refractivity contribution < 1.29 is 18.0 Å². The zero-order valence-electron chi connectivity index (χ0n) is 10.7. The number of aromatic nitrogens is 2. The Morgan fingerprint density at radius 2 is 1.85 bits per heavy atom. The number of halogens is 4. The van der Waals surface area contributed by atoms with E-state index in [2.05, 4.69) is 5.10 Å². The highest BCUT2D eigenvalue weighted by molar-refractivity contribution is 6.32. The second kappa shape index (κ2) is 5.28. The Labute approximate surface area is 118 Å². The van der Waals surface area contributed by atoms with E-state index in [1.807, 2.05) is 0 Å². The van der Waals surface area contributed by atoms with Crippen molar-refractivity contribution >= 4 is 17.4 Å². The summed E-state index contributed by atoms with van der Waals surface area (Å²) in [5, 5.41) is 4.27. The maximum absolute atomic E-state index is 13.5. The van der Waals surface area contributed by atoms with Gasteiger partial charge in [0.25, 0.3) is 0 Å². The van der Waals surface area contributed by atoms with E-state index in [4.69, 9.17) is 11.6 Å². The number of aryl methyl sites for hydroxylation is 2. The first-order chi connectivity index (χ1) is 9.31. The number of hydrogen-bond acceptors (Lipinski definition) is 2. The topological polar surface area (TPSA) is 34.9 Å². The third-order valence-corrected chi connectivity index (χ3v) is 3.37. The Bertz CT molecular complexity index is 674. The maximum Gasteiger partial charge on any atom is 0.174 e. The molecule has 20 heavy (non-hydrogen) atoms. The van der Waals surface area contributed by atoms with E-state index in [1.165, 1.54) is 4.68 Å². The number of benzene rings is 1. The molecule has 0 spiro atoms. The summed E-state index contributed by atoms with van der Waals surface area (Å²) in [7, 11) is 1.57. The van der Waals surface area contributed by atoms with Crippen molar-refractivity contribution in [2.45, 2.75) is 13.3 Å². The van der Waals surface area contributed by atoms with E-state index in [0.717, 1.165) is 0 Å². The minimum atomic E-state index is -1.23. The van der Waals surface area contributed by atoms with E-state index in [-0.39, 0.29) is 11.4 Å². The molecule has 3 nitrogen and oxygen atoms in total. The summed E-state index contributed by atoms with van der Waals surface area (Å²) in [6, 6.07) is 0.929. The van der Waals surface area contributed by atoms with Gasteiger partial charge in [0.15, 0.2) is 5.78 Å². The fourth-order valence-corrected chi connectivity index (χ4v) is 2.15. The van der Waals surface area contributed by atoms with Crippen molar-refractivity contribution in [1.82, 2.24) is 9.78 Å². The summed E-state index contributed by atoms with van der Waals surface area (Å²) in [5.74, 6) is -4.37. The lowest BCUT2D eigenvalue weighted by Crippen LogP contribution is -2.12. The van der Waals surface area contributed by atoms with Crippen LogP contribution < -0.4 is 0 Å². The van der Waals surface area contributed by atoms with Crippen molar-refractivity contribution in [2.75, 3.05) is 0 Å². The summed E-state index contributed by atoms with van der Waals surface area (Å²) in [6.07, 6.45) is -0.324. The zero-order valence-corrected chi connectivity index (χ0v) is 11.4. The lowest BCUT2D eigenvalue weighted by atomic mass is 10.0. The minimum Gasteiger partial charge on any atom is -0.294 e. The third kappa shape index (κ3) is 2.56. The predicted molar refractivity (Wildman–Crippen MR) is 67.3 cm³/mol. The molecule has 0 atom stereocenters. The molecular weight excluding hydrogens is 293 g/mol. The molecule has 2 rings (SSSR count). The SMILES string of the molecule is Cc1nn(C)c(CC(=O)c2c(F)cc(F)cc2F)c1Cl. The van der Waals surface area contributed by atoms with Crippen LogP contribution in [0.1, 0.15) is 21.7 Å². The van der Waals surface area contributed by atoms with Gasteiger partial charge in [-0.2, -0.15) is 5.10 Å². The summed E-state index contributed by atoms with van der Waals surface area (Å²) in [5.41, 5.74) is 0.0793. The standard InChI is InChI=1S/C13H10ClF3N2O/c1-6-13(14)10(19(2)18-6)5-11(20)12-8(16)3-7(15)4-9(12)17/h3-4H,5H2,1-2H3. The first-order valence-corrected chi connectivity index (χ1v) is 6.04. The summed E-state index contributed by atoms with van der Waals surface area (Å²) < 4.78 is 41.2. The molecule has 0 aliphatic carbocycles. The van der Waals surface area contributed by atoms with Crippen molar-refractivity contribution in [3.05, 3.63) is 51.6 Å².